The van der Waals surface area contributed by atoms with Gasteiger partial charge in [-0.3, -0.25) is 4.79 Å². The summed E-state index contributed by atoms with van der Waals surface area (Å²) in [6.07, 6.45) is 14.8. The first-order valence-corrected chi connectivity index (χ1v) is 23.9. The second kappa shape index (κ2) is 9.55. The van der Waals surface area contributed by atoms with Crippen molar-refractivity contribution in [1.82, 2.24) is 0 Å². The summed E-state index contributed by atoms with van der Waals surface area (Å²) in [5.41, 5.74) is 2.56. The molecule has 0 radical (unpaired) electrons. The highest BCUT2D eigenvalue weighted by atomic mass is 28.4. The Morgan fingerprint density at radius 2 is 1.41 bits per heavy atom. The maximum Gasteiger partial charge on any atom is 0.299 e. The van der Waals surface area contributed by atoms with Crippen LogP contribution in [0.15, 0.2) is 11.6 Å². The normalized spacial score (nSPS) is 45.3. The molecule has 0 bridgehead atoms. The molecule has 0 saturated heterocycles. The van der Waals surface area contributed by atoms with E-state index in [4.69, 9.17) is 8.85 Å². The molecule has 4 saturated carbocycles. The van der Waals surface area contributed by atoms with Gasteiger partial charge in [-0.2, -0.15) is 0 Å². The molecule has 5 rings (SSSR count). The van der Waals surface area contributed by atoms with E-state index in [0.29, 0.717) is 29.3 Å². The van der Waals surface area contributed by atoms with Crippen molar-refractivity contribution in [3.8, 4) is 0 Å². The molecule has 41 heavy (non-hydrogen) atoms. The first-order chi connectivity index (χ1) is 18.5. The van der Waals surface area contributed by atoms with Gasteiger partial charge in [0.2, 0.25) is 8.32 Å². The fourth-order valence-corrected chi connectivity index (χ4v) is 13.6. The SMILES string of the molecule is CC1(C)CC[C@]2(C(=O)O[Si](C)(C)C)CC[C@]3(C)C(=CC[C@@H]4[C@@]5(C)CC[C@H](O[Si](C)(C)C)C(C)(C)[C@@H]5CC[C@]43C)[C@@H]2C1. The molecule has 0 aliphatic heterocycles. The Balaban J connectivity index is 1.53. The second-order valence-corrected chi connectivity index (χ2v) is 28.3. The van der Waals surface area contributed by atoms with E-state index in [1.165, 1.54) is 32.1 Å². The Hall–Kier alpha value is -0.396. The number of carbonyl (C=O) groups excluding carboxylic acids is 1. The summed E-state index contributed by atoms with van der Waals surface area (Å²) in [6, 6.07) is 0. The fourth-order valence-electron chi connectivity index (χ4n) is 11.6. The lowest BCUT2D eigenvalue weighted by Crippen LogP contribution is -2.65. The monoisotopic (exact) mass is 600 g/mol. The van der Waals surface area contributed by atoms with Crippen molar-refractivity contribution in [2.24, 2.45) is 50.2 Å². The van der Waals surface area contributed by atoms with Crippen LogP contribution in [0.2, 0.25) is 39.3 Å². The summed E-state index contributed by atoms with van der Waals surface area (Å²) < 4.78 is 13.3. The molecule has 0 heterocycles. The molecular weight excluding hydrogens is 537 g/mol. The zero-order chi connectivity index (χ0) is 30.7. The second-order valence-electron chi connectivity index (χ2n) is 19.5. The Labute approximate surface area is 255 Å². The zero-order valence-electron chi connectivity index (χ0n) is 29.2. The van der Waals surface area contributed by atoms with Crippen LogP contribution in [-0.2, 0) is 13.6 Å². The van der Waals surface area contributed by atoms with Crippen LogP contribution in [0.1, 0.15) is 113 Å². The van der Waals surface area contributed by atoms with Crippen molar-refractivity contribution in [2.75, 3.05) is 0 Å². The van der Waals surface area contributed by atoms with E-state index in [1.54, 1.807) is 5.57 Å². The number of rotatable bonds is 4. The van der Waals surface area contributed by atoms with Gasteiger partial charge in [0.25, 0.3) is 5.97 Å². The lowest BCUT2D eigenvalue weighted by atomic mass is 9.33. The highest BCUT2D eigenvalue weighted by molar-refractivity contribution is 6.71. The number of hydrogen-bond donors (Lipinski definition) is 0. The average Bonchev–Trinajstić information content (AvgIpc) is 2.79. The summed E-state index contributed by atoms with van der Waals surface area (Å²) in [6.45, 7) is 31.6. The molecule has 0 spiro atoms. The van der Waals surface area contributed by atoms with E-state index in [2.05, 4.69) is 93.8 Å². The predicted octanol–water partition coefficient (Wildman–Crippen LogP) is 10.4. The minimum Gasteiger partial charge on any atom is -0.519 e. The molecule has 0 unspecified atom stereocenters. The number of carbonyl (C=O) groups is 1. The van der Waals surface area contributed by atoms with Crippen molar-refractivity contribution in [3.05, 3.63) is 11.6 Å². The lowest BCUT2D eigenvalue weighted by Gasteiger charge is -2.71. The number of fused-ring (bicyclic) bond motifs is 7. The Bertz CT molecular complexity index is 1100. The van der Waals surface area contributed by atoms with Gasteiger partial charge in [-0.1, -0.05) is 60.1 Å². The minimum atomic E-state index is -1.97. The van der Waals surface area contributed by atoms with Crippen LogP contribution >= 0.6 is 0 Å². The van der Waals surface area contributed by atoms with Crippen LogP contribution in [0.5, 0.6) is 0 Å². The van der Waals surface area contributed by atoms with Crippen molar-refractivity contribution in [3.63, 3.8) is 0 Å². The summed E-state index contributed by atoms with van der Waals surface area (Å²) in [5, 5.41) is 0. The largest absolute Gasteiger partial charge is 0.519 e. The fraction of sp³-hybridized carbons (Fsp3) is 0.917. The summed E-state index contributed by atoms with van der Waals surface area (Å²) in [4.78, 5) is 14.1. The Morgan fingerprint density at radius 3 is 2.02 bits per heavy atom. The molecule has 5 aliphatic rings. The van der Waals surface area contributed by atoms with Gasteiger partial charge in [-0.05, 0) is 148 Å². The minimum absolute atomic E-state index is 0.144. The molecule has 5 heteroatoms. The third kappa shape index (κ3) is 4.93. The highest BCUT2D eigenvalue weighted by Gasteiger charge is 2.69. The molecule has 234 valence electrons. The third-order valence-electron chi connectivity index (χ3n) is 13.9. The van der Waals surface area contributed by atoms with Gasteiger partial charge in [-0.15, -0.1) is 0 Å². The average molecular weight is 601 g/mol. The Morgan fingerprint density at radius 1 is 0.780 bits per heavy atom. The van der Waals surface area contributed by atoms with E-state index < -0.39 is 16.6 Å². The molecule has 4 fully saturated rings. The molecule has 5 aliphatic carbocycles. The molecule has 0 amide bonds. The molecule has 3 nitrogen and oxygen atoms in total. The van der Waals surface area contributed by atoms with E-state index in [0.717, 1.165) is 32.1 Å². The maximum atomic E-state index is 14.1. The quantitative estimate of drug-likeness (QED) is 0.238. The van der Waals surface area contributed by atoms with E-state index in [9.17, 15) is 4.79 Å². The summed E-state index contributed by atoms with van der Waals surface area (Å²) in [5.74, 6) is 1.86. The van der Waals surface area contributed by atoms with Gasteiger partial charge >= 0.3 is 0 Å². The molecule has 0 N–H and O–H groups in total. The van der Waals surface area contributed by atoms with Crippen molar-refractivity contribution < 1.29 is 13.6 Å². The zero-order valence-corrected chi connectivity index (χ0v) is 31.2. The first-order valence-electron chi connectivity index (χ1n) is 17.1. The van der Waals surface area contributed by atoms with E-state index >= 15 is 0 Å². The van der Waals surface area contributed by atoms with Crippen molar-refractivity contribution in [1.29, 1.82) is 0 Å². The number of allylic oxidation sites excluding steroid dienone is 2. The van der Waals surface area contributed by atoms with E-state index in [-0.39, 0.29) is 33.0 Å². The van der Waals surface area contributed by atoms with Gasteiger partial charge < -0.3 is 8.85 Å². The van der Waals surface area contributed by atoms with Crippen LogP contribution in [-0.4, -0.2) is 28.7 Å². The van der Waals surface area contributed by atoms with Crippen LogP contribution in [0.25, 0.3) is 0 Å². The van der Waals surface area contributed by atoms with Crippen LogP contribution < -0.4 is 0 Å². The third-order valence-corrected chi connectivity index (χ3v) is 15.7. The molecule has 0 aromatic heterocycles. The maximum absolute atomic E-state index is 14.1. The highest BCUT2D eigenvalue weighted by Crippen LogP contribution is 2.76. The topological polar surface area (TPSA) is 35.5 Å². The van der Waals surface area contributed by atoms with Gasteiger partial charge in [0, 0.05) is 0 Å². The molecular formula is C36H64O3Si2. The summed E-state index contributed by atoms with van der Waals surface area (Å²) in [7, 11) is -3.57. The number of hydrogen-bond acceptors (Lipinski definition) is 3. The van der Waals surface area contributed by atoms with Gasteiger partial charge in [0.1, 0.15) is 0 Å². The van der Waals surface area contributed by atoms with E-state index in [1.807, 2.05) is 0 Å². The molecule has 8 atom stereocenters. The predicted molar refractivity (Wildman–Crippen MR) is 177 cm³/mol. The molecule has 0 aromatic rings. The lowest BCUT2D eigenvalue weighted by molar-refractivity contribution is -0.203. The molecule has 0 aromatic carbocycles. The van der Waals surface area contributed by atoms with Gasteiger partial charge in [0.05, 0.1) is 11.5 Å². The van der Waals surface area contributed by atoms with Crippen LogP contribution in [0.4, 0.5) is 0 Å². The van der Waals surface area contributed by atoms with Crippen LogP contribution in [0, 0.1) is 50.2 Å². The smallest absolute Gasteiger partial charge is 0.299 e. The van der Waals surface area contributed by atoms with Crippen LogP contribution in [0.3, 0.4) is 0 Å². The van der Waals surface area contributed by atoms with Gasteiger partial charge in [0.15, 0.2) is 8.32 Å². The standard InChI is InChI=1S/C36H64O3Si2/c1-31(2)20-22-36(30(37)39-41(11,12)13)23-21-34(6)25(26(36)24-31)14-15-28-33(5)18-17-29(38-40(8,9)10)32(3,4)27(33)16-19-35(28,34)7/h14,26-29H,15-24H2,1-13H3/t26-,27-,28+,29-,33-,34+,35+,36-/m0/s1. The van der Waals surface area contributed by atoms with Gasteiger partial charge in [-0.25, -0.2) is 0 Å². The van der Waals surface area contributed by atoms with Crippen molar-refractivity contribution in [2.45, 2.75) is 158 Å². The first kappa shape index (κ1) is 32.0. The summed E-state index contributed by atoms with van der Waals surface area (Å²) >= 11 is 0. The Kier molecular flexibility index (Phi) is 7.46. The van der Waals surface area contributed by atoms with Crippen molar-refractivity contribution >= 4 is 22.6 Å².